The highest BCUT2D eigenvalue weighted by Crippen LogP contribution is 2.06. The molecule has 0 aliphatic rings. The van der Waals surface area contributed by atoms with Gasteiger partial charge in [0, 0.05) is 0 Å². The number of hydrogen-bond acceptors (Lipinski definition) is 3. The fourth-order valence-electron chi connectivity index (χ4n) is 1.05. The third-order valence-corrected chi connectivity index (χ3v) is 2.23. The topological polar surface area (TPSA) is 63.6 Å². The Kier molecular flexibility index (Phi) is 4.42. The summed E-state index contributed by atoms with van der Waals surface area (Å²) >= 11 is 0. The predicted octanol–water partition coefficient (Wildman–Crippen LogP) is 2.16. The minimum atomic E-state index is -4.35. The van der Waals surface area contributed by atoms with Gasteiger partial charge in [0.2, 0.25) is 0 Å². The molecule has 0 aromatic heterocycles. The highest BCUT2D eigenvalue weighted by Gasteiger charge is 2.00. The van der Waals surface area contributed by atoms with Crippen LogP contribution in [0.15, 0.2) is 36.9 Å². The van der Waals surface area contributed by atoms with E-state index in [4.69, 9.17) is 4.55 Å². The molecule has 0 unspecified atom stereocenters. The van der Waals surface area contributed by atoms with Crippen molar-refractivity contribution in [3.05, 3.63) is 48.0 Å². The molecule has 0 amide bonds. The monoisotopic (exact) mass is 240 g/mol. The van der Waals surface area contributed by atoms with E-state index in [1.54, 1.807) is 12.2 Å². The molecule has 0 heterocycles. The van der Waals surface area contributed by atoms with E-state index >= 15 is 0 Å². The van der Waals surface area contributed by atoms with E-state index in [-0.39, 0.29) is 6.61 Å². The van der Waals surface area contributed by atoms with Crippen molar-refractivity contribution in [2.45, 2.75) is 0 Å². The summed E-state index contributed by atoms with van der Waals surface area (Å²) in [6, 6.07) is 7.49. The summed E-state index contributed by atoms with van der Waals surface area (Å²) in [6.45, 7) is 3.44. The third kappa shape index (κ3) is 4.88. The van der Waals surface area contributed by atoms with Gasteiger partial charge in [0.25, 0.3) is 0 Å². The zero-order valence-corrected chi connectivity index (χ0v) is 9.35. The van der Waals surface area contributed by atoms with Crippen LogP contribution in [0.2, 0.25) is 0 Å². The van der Waals surface area contributed by atoms with Crippen LogP contribution in [0.5, 0.6) is 0 Å². The average molecular weight is 240 g/mol. The Bertz CT molecular complexity index is 471. The molecular weight excluding hydrogens is 228 g/mol. The van der Waals surface area contributed by atoms with Gasteiger partial charge in [0.15, 0.2) is 0 Å². The lowest BCUT2D eigenvalue weighted by molar-refractivity contribution is 0.297. The lowest BCUT2D eigenvalue weighted by Gasteiger charge is -1.96. The normalized spacial score (nSPS) is 11.8. The van der Waals surface area contributed by atoms with E-state index < -0.39 is 10.4 Å². The summed E-state index contributed by atoms with van der Waals surface area (Å²) in [6.07, 6.45) is 4.92. The maximum Gasteiger partial charge on any atom is 0.397 e. The van der Waals surface area contributed by atoms with E-state index in [1.807, 2.05) is 24.3 Å². The Labute approximate surface area is 94.8 Å². The van der Waals surface area contributed by atoms with E-state index in [2.05, 4.69) is 10.8 Å². The predicted molar refractivity (Wildman–Crippen MR) is 63.1 cm³/mol. The summed E-state index contributed by atoms with van der Waals surface area (Å²) in [7, 11) is -4.35. The second-order valence-electron chi connectivity index (χ2n) is 2.99. The van der Waals surface area contributed by atoms with Crippen LogP contribution in [0.3, 0.4) is 0 Å². The molecule has 0 atom stereocenters. The van der Waals surface area contributed by atoms with Crippen LogP contribution in [0.25, 0.3) is 12.2 Å². The van der Waals surface area contributed by atoms with Crippen molar-refractivity contribution >= 4 is 22.6 Å². The smallest absolute Gasteiger partial charge is 0.264 e. The second-order valence-corrected chi connectivity index (χ2v) is 4.08. The first kappa shape index (κ1) is 12.6. The molecule has 1 aromatic rings. The van der Waals surface area contributed by atoms with Crippen molar-refractivity contribution in [3.63, 3.8) is 0 Å². The highest BCUT2D eigenvalue weighted by atomic mass is 32.3. The van der Waals surface area contributed by atoms with Gasteiger partial charge >= 0.3 is 10.4 Å². The van der Waals surface area contributed by atoms with E-state index in [1.165, 1.54) is 6.08 Å². The average Bonchev–Trinajstić information content (AvgIpc) is 2.24. The Morgan fingerprint density at radius 2 is 1.81 bits per heavy atom. The molecule has 0 saturated carbocycles. The van der Waals surface area contributed by atoms with Crippen molar-refractivity contribution in [2.75, 3.05) is 6.61 Å². The van der Waals surface area contributed by atoms with Gasteiger partial charge in [-0.05, 0) is 11.1 Å². The Morgan fingerprint density at radius 1 is 1.25 bits per heavy atom. The molecule has 4 nitrogen and oxygen atoms in total. The number of benzene rings is 1. The molecule has 0 bridgehead atoms. The van der Waals surface area contributed by atoms with Gasteiger partial charge in [-0.15, -0.1) is 0 Å². The van der Waals surface area contributed by atoms with Gasteiger partial charge < -0.3 is 0 Å². The summed E-state index contributed by atoms with van der Waals surface area (Å²) in [4.78, 5) is 0. The lowest BCUT2D eigenvalue weighted by atomic mass is 10.1. The van der Waals surface area contributed by atoms with Gasteiger partial charge in [-0.2, -0.15) is 8.42 Å². The molecule has 1 aromatic carbocycles. The highest BCUT2D eigenvalue weighted by molar-refractivity contribution is 7.80. The maximum absolute atomic E-state index is 10.2. The minimum absolute atomic E-state index is 0.192. The van der Waals surface area contributed by atoms with Crippen LogP contribution in [0, 0.1) is 0 Å². The van der Waals surface area contributed by atoms with Gasteiger partial charge in [-0.3, -0.25) is 4.55 Å². The quantitative estimate of drug-likeness (QED) is 0.801. The van der Waals surface area contributed by atoms with Crippen molar-refractivity contribution in [2.24, 2.45) is 0 Å². The van der Waals surface area contributed by atoms with E-state index in [9.17, 15) is 8.42 Å². The fourth-order valence-corrected chi connectivity index (χ4v) is 1.30. The molecular formula is C11H12O4S. The Balaban J connectivity index is 2.53. The second kappa shape index (κ2) is 5.60. The molecule has 0 aliphatic carbocycles. The molecule has 0 saturated heterocycles. The van der Waals surface area contributed by atoms with Crippen molar-refractivity contribution in [3.8, 4) is 0 Å². The Morgan fingerprint density at radius 3 is 2.31 bits per heavy atom. The molecule has 1 N–H and O–H groups in total. The molecule has 1 rings (SSSR count). The minimum Gasteiger partial charge on any atom is -0.264 e. The number of rotatable bonds is 5. The van der Waals surface area contributed by atoms with Crippen molar-refractivity contribution in [1.82, 2.24) is 0 Å². The van der Waals surface area contributed by atoms with Gasteiger partial charge in [-0.25, -0.2) is 4.18 Å². The largest absolute Gasteiger partial charge is 0.397 e. The van der Waals surface area contributed by atoms with Crippen LogP contribution >= 0.6 is 0 Å². The summed E-state index contributed by atoms with van der Waals surface area (Å²) in [5, 5.41) is 0. The van der Waals surface area contributed by atoms with Gasteiger partial charge in [-0.1, -0.05) is 49.1 Å². The van der Waals surface area contributed by atoms with Gasteiger partial charge in [0.1, 0.15) is 0 Å². The first-order valence-electron chi connectivity index (χ1n) is 4.52. The zero-order valence-electron chi connectivity index (χ0n) is 8.54. The van der Waals surface area contributed by atoms with Crippen LogP contribution in [0.1, 0.15) is 11.1 Å². The summed E-state index contributed by atoms with van der Waals surface area (Å²) < 4.78 is 32.8. The molecule has 0 aliphatic heterocycles. The van der Waals surface area contributed by atoms with Crippen molar-refractivity contribution < 1.29 is 17.2 Å². The van der Waals surface area contributed by atoms with Crippen LogP contribution in [0.4, 0.5) is 0 Å². The zero-order chi connectivity index (χ0) is 12.0. The number of hydrogen-bond donors (Lipinski definition) is 1. The van der Waals surface area contributed by atoms with Crippen LogP contribution in [-0.4, -0.2) is 19.6 Å². The molecule has 0 fully saturated rings. The molecule has 0 radical (unpaired) electrons. The Hall–Kier alpha value is -1.43. The summed E-state index contributed by atoms with van der Waals surface area (Å²) in [5.74, 6) is 0. The van der Waals surface area contributed by atoms with Gasteiger partial charge in [0.05, 0.1) is 6.61 Å². The molecule has 5 heteroatoms. The first-order chi connectivity index (χ1) is 7.51. The third-order valence-electron chi connectivity index (χ3n) is 1.80. The van der Waals surface area contributed by atoms with Crippen LogP contribution in [-0.2, 0) is 14.6 Å². The first-order valence-corrected chi connectivity index (χ1v) is 5.88. The van der Waals surface area contributed by atoms with E-state index in [0.717, 1.165) is 11.1 Å². The fraction of sp³-hybridized carbons (Fsp3) is 0.0909. The standard InChI is InChI=1S/C11H12O4S/c1-2-10-5-7-11(8-6-10)4-3-9-15-16(12,13)14/h2-8H,1,9H2,(H,12,13,14). The summed E-state index contributed by atoms with van der Waals surface area (Å²) in [5.41, 5.74) is 1.91. The molecule has 16 heavy (non-hydrogen) atoms. The van der Waals surface area contributed by atoms with Crippen molar-refractivity contribution in [1.29, 1.82) is 0 Å². The molecule has 0 spiro atoms. The molecule has 86 valence electrons. The van der Waals surface area contributed by atoms with Crippen LogP contribution < -0.4 is 0 Å². The van der Waals surface area contributed by atoms with E-state index in [0.29, 0.717) is 0 Å². The SMILES string of the molecule is C=Cc1ccc(C=CCOS(=O)(=O)O)cc1. The lowest BCUT2D eigenvalue weighted by Crippen LogP contribution is -2.02. The maximum atomic E-state index is 10.2.